The average Bonchev–Trinajstić information content (AvgIpc) is 2.35. The van der Waals surface area contributed by atoms with Gasteiger partial charge in [-0.05, 0) is 43.9 Å². The highest BCUT2D eigenvalue weighted by Gasteiger charge is 2.22. The van der Waals surface area contributed by atoms with E-state index in [1.165, 1.54) is 6.92 Å². The van der Waals surface area contributed by atoms with Gasteiger partial charge in [-0.25, -0.2) is 17.5 Å². The Morgan fingerprint density at radius 2 is 2.05 bits per heavy atom. The number of hydrogen-bond donors (Lipinski definition) is 2. The van der Waals surface area contributed by atoms with E-state index in [2.05, 4.69) is 10.6 Å². The standard InChI is InChI=1S/C14H19FN2O2S/c1-4-5-6-7-8-17-20(18,19)14-10(2)9-12(15)13(16)11(14)3/h1,9,17H,5-8,16H2,2-3H3. The summed E-state index contributed by atoms with van der Waals surface area (Å²) in [4.78, 5) is 0.0494. The van der Waals surface area contributed by atoms with E-state index in [-0.39, 0.29) is 16.1 Å². The van der Waals surface area contributed by atoms with Crippen LogP contribution in [0.4, 0.5) is 10.1 Å². The molecule has 1 aromatic carbocycles. The summed E-state index contributed by atoms with van der Waals surface area (Å²) in [5.41, 5.74) is 5.99. The van der Waals surface area contributed by atoms with Gasteiger partial charge >= 0.3 is 0 Å². The number of nitrogen functional groups attached to an aromatic ring is 1. The summed E-state index contributed by atoms with van der Waals surface area (Å²) in [5.74, 6) is 1.89. The van der Waals surface area contributed by atoms with Gasteiger partial charge in [-0.3, -0.25) is 0 Å². The molecule has 0 radical (unpaired) electrons. The molecular weight excluding hydrogens is 279 g/mol. The SMILES string of the molecule is C#CCCCCNS(=O)(=O)c1c(C)cc(F)c(N)c1C. The monoisotopic (exact) mass is 298 g/mol. The van der Waals surface area contributed by atoms with Gasteiger partial charge in [0.05, 0.1) is 10.6 Å². The minimum Gasteiger partial charge on any atom is -0.396 e. The van der Waals surface area contributed by atoms with E-state index >= 15 is 0 Å². The van der Waals surface area contributed by atoms with Crippen LogP contribution in [0.15, 0.2) is 11.0 Å². The van der Waals surface area contributed by atoms with Gasteiger partial charge in [-0.1, -0.05) is 0 Å². The molecule has 0 aliphatic heterocycles. The van der Waals surface area contributed by atoms with Crippen LogP contribution in [0.3, 0.4) is 0 Å². The Morgan fingerprint density at radius 3 is 2.65 bits per heavy atom. The minimum absolute atomic E-state index is 0.0494. The molecule has 0 spiro atoms. The van der Waals surface area contributed by atoms with Crippen molar-refractivity contribution < 1.29 is 12.8 Å². The van der Waals surface area contributed by atoms with Crippen molar-refractivity contribution in [3.8, 4) is 12.3 Å². The van der Waals surface area contributed by atoms with Crippen molar-refractivity contribution in [1.29, 1.82) is 0 Å². The van der Waals surface area contributed by atoms with Crippen LogP contribution in [-0.2, 0) is 10.0 Å². The summed E-state index contributed by atoms with van der Waals surface area (Å²) in [5, 5.41) is 0. The van der Waals surface area contributed by atoms with E-state index in [1.807, 2.05) is 0 Å². The molecule has 0 aromatic heterocycles. The summed E-state index contributed by atoms with van der Waals surface area (Å²) in [6, 6.07) is 1.13. The molecule has 0 amide bonds. The van der Waals surface area contributed by atoms with Crippen molar-refractivity contribution in [3.05, 3.63) is 23.0 Å². The fourth-order valence-corrected chi connectivity index (χ4v) is 3.53. The molecule has 6 heteroatoms. The maximum atomic E-state index is 13.4. The predicted molar refractivity (Wildman–Crippen MR) is 78.2 cm³/mol. The molecule has 0 atom stereocenters. The molecule has 20 heavy (non-hydrogen) atoms. The first kappa shape index (κ1) is 16.5. The highest BCUT2D eigenvalue weighted by molar-refractivity contribution is 7.89. The quantitative estimate of drug-likeness (QED) is 0.480. The maximum Gasteiger partial charge on any atom is 0.241 e. The smallest absolute Gasteiger partial charge is 0.241 e. The molecule has 0 saturated carbocycles. The molecule has 3 N–H and O–H groups in total. The van der Waals surface area contributed by atoms with E-state index in [9.17, 15) is 12.8 Å². The van der Waals surface area contributed by atoms with Gasteiger partial charge in [-0.15, -0.1) is 12.3 Å². The zero-order valence-electron chi connectivity index (χ0n) is 11.7. The largest absolute Gasteiger partial charge is 0.396 e. The van der Waals surface area contributed by atoms with Gasteiger partial charge in [0.25, 0.3) is 0 Å². The van der Waals surface area contributed by atoms with E-state index in [0.717, 1.165) is 12.5 Å². The van der Waals surface area contributed by atoms with Crippen molar-refractivity contribution in [1.82, 2.24) is 4.72 Å². The zero-order valence-corrected chi connectivity index (χ0v) is 12.5. The average molecular weight is 298 g/mol. The summed E-state index contributed by atoms with van der Waals surface area (Å²) in [6.07, 6.45) is 7.14. The van der Waals surface area contributed by atoms with Crippen LogP contribution < -0.4 is 10.5 Å². The van der Waals surface area contributed by atoms with Crippen LogP contribution in [0.5, 0.6) is 0 Å². The number of benzene rings is 1. The number of nitrogens with two attached hydrogens (primary N) is 1. The highest BCUT2D eigenvalue weighted by Crippen LogP contribution is 2.27. The van der Waals surface area contributed by atoms with E-state index in [4.69, 9.17) is 12.2 Å². The van der Waals surface area contributed by atoms with Gasteiger partial charge in [0, 0.05) is 13.0 Å². The van der Waals surface area contributed by atoms with Gasteiger partial charge in [0.1, 0.15) is 5.82 Å². The lowest BCUT2D eigenvalue weighted by Gasteiger charge is -2.14. The molecule has 1 rings (SSSR count). The number of sulfonamides is 1. The number of halogens is 1. The number of nitrogens with one attached hydrogen (secondary N) is 1. The topological polar surface area (TPSA) is 72.2 Å². The van der Waals surface area contributed by atoms with Gasteiger partial charge in [0.15, 0.2) is 0 Å². The number of rotatable bonds is 6. The Balaban J connectivity index is 2.94. The van der Waals surface area contributed by atoms with Crippen molar-refractivity contribution in [3.63, 3.8) is 0 Å². The summed E-state index contributed by atoms with van der Waals surface area (Å²) in [7, 11) is -3.70. The Bertz CT molecular complexity index is 634. The van der Waals surface area contributed by atoms with Crippen LogP contribution in [-0.4, -0.2) is 15.0 Å². The Morgan fingerprint density at radius 1 is 1.40 bits per heavy atom. The molecule has 0 bridgehead atoms. The second kappa shape index (κ2) is 6.73. The van der Waals surface area contributed by atoms with Crippen LogP contribution in [0, 0.1) is 32.0 Å². The van der Waals surface area contributed by atoms with Crippen LogP contribution >= 0.6 is 0 Å². The summed E-state index contributed by atoms with van der Waals surface area (Å²) in [6.45, 7) is 3.33. The van der Waals surface area contributed by atoms with Gasteiger partial charge in [0.2, 0.25) is 10.0 Å². The van der Waals surface area contributed by atoms with Crippen LogP contribution in [0.1, 0.15) is 30.4 Å². The lowest BCUT2D eigenvalue weighted by Crippen LogP contribution is -2.26. The molecule has 110 valence electrons. The number of unbranched alkanes of at least 4 members (excludes halogenated alkanes) is 2. The Hall–Kier alpha value is -1.58. The van der Waals surface area contributed by atoms with E-state index in [0.29, 0.717) is 24.9 Å². The highest BCUT2D eigenvalue weighted by atomic mass is 32.2. The molecule has 4 nitrogen and oxygen atoms in total. The molecule has 0 unspecified atom stereocenters. The van der Waals surface area contributed by atoms with Crippen molar-refractivity contribution in [2.75, 3.05) is 12.3 Å². The molecule has 0 aliphatic carbocycles. The first-order valence-electron chi connectivity index (χ1n) is 6.29. The Labute approximate surface area is 119 Å². The van der Waals surface area contributed by atoms with Gasteiger partial charge in [-0.2, -0.15) is 0 Å². The Kier molecular flexibility index (Phi) is 5.54. The number of aryl methyl sites for hydroxylation is 1. The molecule has 0 aliphatic rings. The second-order valence-electron chi connectivity index (χ2n) is 4.60. The van der Waals surface area contributed by atoms with E-state index in [1.54, 1.807) is 6.92 Å². The first-order valence-corrected chi connectivity index (χ1v) is 7.78. The maximum absolute atomic E-state index is 13.4. The fraction of sp³-hybridized carbons (Fsp3) is 0.429. The van der Waals surface area contributed by atoms with Crippen molar-refractivity contribution in [2.24, 2.45) is 0 Å². The third kappa shape index (κ3) is 3.71. The molecular formula is C14H19FN2O2S. The predicted octanol–water partition coefficient (Wildman–Crippen LogP) is 2.11. The lowest BCUT2D eigenvalue weighted by molar-refractivity contribution is 0.575. The third-order valence-corrected chi connectivity index (χ3v) is 4.76. The fourth-order valence-electron chi connectivity index (χ4n) is 1.97. The summed E-state index contributed by atoms with van der Waals surface area (Å²) >= 11 is 0. The number of terminal acetylenes is 1. The first-order chi connectivity index (χ1) is 9.31. The van der Waals surface area contributed by atoms with Crippen LogP contribution in [0.25, 0.3) is 0 Å². The second-order valence-corrected chi connectivity index (χ2v) is 6.31. The zero-order chi connectivity index (χ0) is 15.3. The third-order valence-electron chi connectivity index (χ3n) is 3.01. The van der Waals surface area contributed by atoms with E-state index < -0.39 is 15.8 Å². The lowest BCUT2D eigenvalue weighted by atomic mass is 10.1. The summed E-state index contributed by atoms with van der Waals surface area (Å²) < 4.78 is 40.4. The minimum atomic E-state index is -3.70. The molecule has 1 aromatic rings. The molecule has 0 saturated heterocycles. The molecule has 0 fully saturated rings. The number of hydrogen-bond acceptors (Lipinski definition) is 3. The van der Waals surface area contributed by atoms with Gasteiger partial charge < -0.3 is 5.73 Å². The molecule has 0 heterocycles. The van der Waals surface area contributed by atoms with Crippen molar-refractivity contribution >= 4 is 15.7 Å². The van der Waals surface area contributed by atoms with Crippen molar-refractivity contribution in [2.45, 2.75) is 38.0 Å². The normalized spacial score (nSPS) is 11.3. The number of anilines is 1. The van der Waals surface area contributed by atoms with Crippen LogP contribution in [0.2, 0.25) is 0 Å².